The number of aliphatic carboxylic acids is 1. The number of rotatable bonds is 8. The van der Waals surface area contributed by atoms with Gasteiger partial charge in [0.25, 0.3) is 0 Å². The number of nitrogens with zero attached hydrogens (tertiary/aromatic N) is 2. The number of ether oxygens (including phenoxy) is 1. The molecule has 21 heavy (non-hydrogen) atoms. The van der Waals surface area contributed by atoms with E-state index in [-0.39, 0.29) is 30.5 Å². The average molecular weight is 319 g/mol. The summed E-state index contributed by atoms with van der Waals surface area (Å²) >= 11 is 0. The maximum absolute atomic E-state index is 12.3. The summed E-state index contributed by atoms with van der Waals surface area (Å²) in [5, 5.41) is 12.8. The molecule has 1 aromatic heterocycles. The van der Waals surface area contributed by atoms with Gasteiger partial charge in [-0.3, -0.25) is 9.48 Å². The Bertz CT molecular complexity index is 609. The number of nitrogens with one attached hydrogen (secondary N) is 1. The molecule has 0 amide bonds. The summed E-state index contributed by atoms with van der Waals surface area (Å²) in [7, 11) is -2.21. The van der Waals surface area contributed by atoms with Crippen molar-refractivity contribution in [3.05, 3.63) is 11.4 Å². The quantitative estimate of drug-likeness (QED) is 0.712. The molecule has 0 spiro atoms. The molecule has 1 heterocycles. The number of hydrogen-bond donors (Lipinski definition) is 2. The Hall–Kier alpha value is -1.45. The standard InChI is InChI=1S/C12H21N3O5S/c1-8(20-4)7-13-21(18,19)12-9(2)14-15(10(12)3)6-5-11(16)17/h8,13H,5-7H2,1-4H3,(H,16,17). The minimum absolute atomic E-state index is 0.0937. The minimum Gasteiger partial charge on any atom is -0.481 e. The van der Waals surface area contributed by atoms with Crippen molar-refractivity contribution in [1.82, 2.24) is 14.5 Å². The molecule has 0 aliphatic carbocycles. The minimum atomic E-state index is -3.71. The fraction of sp³-hybridized carbons (Fsp3) is 0.667. The number of methoxy groups -OCH3 is 1. The second kappa shape index (κ2) is 7.01. The SMILES string of the molecule is COC(C)CNS(=O)(=O)c1c(C)nn(CCC(=O)O)c1C. The zero-order valence-electron chi connectivity index (χ0n) is 12.6. The number of aryl methyl sites for hydroxylation is 2. The molecule has 0 aromatic carbocycles. The third-order valence-corrected chi connectivity index (χ3v) is 4.76. The van der Waals surface area contributed by atoms with Crippen LogP contribution in [-0.4, -0.2) is 49.0 Å². The second-order valence-corrected chi connectivity index (χ2v) is 6.47. The largest absolute Gasteiger partial charge is 0.481 e. The Balaban J connectivity index is 2.99. The first-order valence-corrected chi connectivity index (χ1v) is 7.95. The van der Waals surface area contributed by atoms with Gasteiger partial charge in [-0.05, 0) is 20.8 Å². The number of carboxylic acid groups (broad SMARTS) is 1. The van der Waals surface area contributed by atoms with Crippen molar-refractivity contribution in [1.29, 1.82) is 0 Å². The van der Waals surface area contributed by atoms with Gasteiger partial charge in [-0.15, -0.1) is 0 Å². The monoisotopic (exact) mass is 319 g/mol. The topological polar surface area (TPSA) is 111 Å². The van der Waals surface area contributed by atoms with Crippen LogP contribution in [0.3, 0.4) is 0 Å². The Labute approximate surface area is 124 Å². The van der Waals surface area contributed by atoms with Crippen LogP contribution in [0.1, 0.15) is 24.7 Å². The summed E-state index contributed by atoms with van der Waals surface area (Å²) < 4.78 is 33.5. The lowest BCUT2D eigenvalue weighted by atomic mass is 10.4. The molecule has 8 nitrogen and oxygen atoms in total. The van der Waals surface area contributed by atoms with E-state index in [0.717, 1.165) is 0 Å². The van der Waals surface area contributed by atoms with Gasteiger partial charge >= 0.3 is 5.97 Å². The molecule has 0 aliphatic heterocycles. The number of sulfonamides is 1. The summed E-state index contributed by atoms with van der Waals surface area (Å²) in [6.45, 7) is 5.22. The van der Waals surface area contributed by atoms with E-state index in [1.807, 2.05) is 0 Å². The second-order valence-electron chi connectivity index (χ2n) is 4.77. The third-order valence-electron chi connectivity index (χ3n) is 3.08. The van der Waals surface area contributed by atoms with E-state index < -0.39 is 16.0 Å². The summed E-state index contributed by atoms with van der Waals surface area (Å²) in [6.07, 6.45) is -0.363. The van der Waals surface area contributed by atoms with Crippen molar-refractivity contribution in [2.24, 2.45) is 0 Å². The van der Waals surface area contributed by atoms with Crippen molar-refractivity contribution >= 4 is 16.0 Å². The van der Waals surface area contributed by atoms with Gasteiger partial charge in [0.15, 0.2) is 0 Å². The van der Waals surface area contributed by atoms with Crippen LogP contribution in [0.4, 0.5) is 0 Å². The Morgan fingerprint density at radius 3 is 2.62 bits per heavy atom. The van der Waals surface area contributed by atoms with E-state index in [0.29, 0.717) is 11.4 Å². The molecular formula is C12H21N3O5S. The van der Waals surface area contributed by atoms with Gasteiger partial charge in [0.05, 0.1) is 30.5 Å². The molecule has 2 N–H and O–H groups in total. The number of aromatic nitrogens is 2. The Kier molecular flexibility index (Phi) is 5.87. The highest BCUT2D eigenvalue weighted by molar-refractivity contribution is 7.89. The summed E-state index contributed by atoms with van der Waals surface area (Å²) in [4.78, 5) is 10.7. The molecule has 0 radical (unpaired) electrons. The Morgan fingerprint density at radius 1 is 1.48 bits per heavy atom. The molecule has 0 bridgehead atoms. The number of hydrogen-bond acceptors (Lipinski definition) is 5. The first-order valence-electron chi connectivity index (χ1n) is 6.47. The summed E-state index contributed by atoms with van der Waals surface area (Å²) in [6, 6.07) is 0. The predicted molar refractivity (Wildman–Crippen MR) is 75.6 cm³/mol. The van der Waals surface area contributed by atoms with E-state index in [9.17, 15) is 13.2 Å². The lowest BCUT2D eigenvalue weighted by molar-refractivity contribution is -0.137. The van der Waals surface area contributed by atoms with Gasteiger partial charge in [-0.25, -0.2) is 13.1 Å². The molecule has 120 valence electrons. The molecule has 1 aromatic rings. The van der Waals surface area contributed by atoms with E-state index in [1.165, 1.54) is 11.8 Å². The van der Waals surface area contributed by atoms with Gasteiger partial charge < -0.3 is 9.84 Å². The Morgan fingerprint density at radius 2 is 2.10 bits per heavy atom. The highest BCUT2D eigenvalue weighted by Crippen LogP contribution is 2.19. The molecule has 1 atom stereocenters. The fourth-order valence-corrected chi connectivity index (χ4v) is 3.39. The first-order chi connectivity index (χ1) is 9.69. The van der Waals surface area contributed by atoms with Crippen LogP contribution in [0.5, 0.6) is 0 Å². The fourth-order valence-electron chi connectivity index (χ4n) is 1.87. The van der Waals surface area contributed by atoms with E-state index in [2.05, 4.69) is 9.82 Å². The molecular weight excluding hydrogens is 298 g/mol. The maximum Gasteiger partial charge on any atom is 0.305 e. The average Bonchev–Trinajstić information content (AvgIpc) is 2.68. The van der Waals surface area contributed by atoms with Crippen LogP contribution >= 0.6 is 0 Å². The van der Waals surface area contributed by atoms with E-state index >= 15 is 0 Å². The van der Waals surface area contributed by atoms with E-state index in [4.69, 9.17) is 9.84 Å². The predicted octanol–water partition coefficient (Wildman–Crippen LogP) is 0.288. The van der Waals surface area contributed by atoms with Gasteiger partial charge in [0, 0.05) is 13.7 Å². The highest BCUT2D eigenvalue weighted by Gasteiger charge is 2.24. The van der Waals surface area contributed by atoms with Gasteiger partial charge in [0.1, 0.15) is 4.90 Å². The van der Waals surface area contributed by atoms with Gasteiger partial charge in [-0.2, -0.15) is 5.10 Å². The van der Waals surface area contributed by atoms with Crippen LogP contribution in [0.15, 0.2) is 4.90 Å². The number of carbonyl (C=O) groups is 1. The van der Waals surface area contributed by atoms with Crippen molar-refractivity contribution in [3.63, 3.8) is 0 Å². The van der Waals surface area contributed by atoms with Crippen molar-refractivity contribution in [2.45, 2.75) is 44.7 Å². The lowest BCUT2D eigenvalue weighted by Crippen LogP contribution is -2.32. The van der Waals surface area contributed by atoms with Crippen LogP contribution in [0, 0.1) is 13.8 Å². The molecule has 0 saturated carbocycles. The summed E-state index contributed by atoms with van der Waals surface area (Å²) in [5.41, 5.74) is 0.766. The van der Waals surface area contributed by atoms with Gasteiger partial charge in [0.2, 0.25) is 10.0 Å². The molecule has 0 fully saturated rings. The molecule has 9 heteroatoms. The molecule has 0 saturated heterocycles. The zero-order valence-corrected chi connectivity index (χ0v) is 13.4. The first kappa shape index (κ1) is 17.6. The van der Waals surface area contributed by atoms with Crippen molar-refractivity contribution in [3.8, 4) is 0 Å². The van der Waals surface area contributed by atoms with Crippen LogP contribution in [0.2, 0.25) is 0 Å². The van der Waals surface area contributed by atoms with Crippen LogP contribution in [-0.2, 0) is 26.1 Å². The summed E-state index contributed by atoms with van der Waals surface area (Å²) in [5.74, 6) is -0.959. The van der Waals surface area contributed by atoms with Crippen LogP contribution < -0.4 is 4.72 Å². The normalized spacial score (nSPS) is 13.3. The third kappa shape index (κ3) is 4.51. The maximum atomic E-state index is 12.3. The lowest BCUT2D eigenvalue weighted by Gasteiger charge is -2.11. The highest BCUT2D eigenvalue weighted by atomic mass is 32.2. The van der Waals surface area contributed by atoms with Crippen molar-refractivity contribution < 1.29 is 23.1 Å². The molecule has 0 aliphatic rings. The van der Waals surface area contributed by atoms with Crippen molar-refractivity contribution in [2.75, 3.05) is 13.7 Å². The van der Waals surface area contributed by atoms with E-state index in [1.54, 1.807) is 20.8 Å². The van der Waals surface area contributed by atoms with Crippen LogP contribution in [0.25, 0.3) is 0 Å². The molecule has 1 rings (SSSR count). The zero-order chi connectivity index (χ0) is 16.2. The number of carboxylic acids is 1. The van der Waals surface area contributed by atoms with Gasteiger partial charge in [-0.1, -0.05) is 0 Å². The molecule has 1 unspecified atom stereocenters. The smallest absolute Gasteiger partial charge is 0.305 e.